The summed E-state index contributed by atoms with van der Waals surface area (Å²) in [5, 5.41) is 0. The first-order valence-corrected chi connectivity index (χ1v) is 14.0. The van der Waals surface area contributed by atoms with Crippen molar-refractivity contribution in [3.05, 3.63) is 52.8 Å². The Balaban J connectivity index is 1.63. The van der Waals surface area contributed by atoms with Crippen LogP contribution in [0.3, 0.4) is 0 Å². The van der Waals surface area contributed by atoms with Gasteiger partial charge in [0.1, 0.15) is 5.75 Å². The fraction of sp³-hybridized carbons (Fsp3) is 0.440. The molecule has 0 N–H and O–H groups in total. The maximum Gasteiger partial charge on any atom is 0.279 e. The molecule has 182 valence electrons. The van der Waals surface area contributed by atoms with E-state index in [-0.39, 0.29) is 4.90 Å². The normalized spacial score (nSPS) is 17.9. The van der Waals surface area contributed by atoms with Crippen LogP contribution < -0.4 is 9.54 Å². The summed E-state index contributed by atoms with van der Waals surface area (Å²) in [4.78, 5) is 18.2. The van der Waals surface area contributed by atoms with Crippen LogP contribution in [0.2, 0.25) is 0 Å². The van der Waals surface area contributed by atoms with Crippen LogP contribution in [-0.2, 0) is 16.6 Å². The molecular weight excluding hydrogens is 470 g/mol. The predicted octanol–water partition coefficient (Wildman–Crippen LogP) is 4.67. The Labute approximate surface area is 204 Å². The van der Waals surface area contributed by atoms with E-state index >= 15 is 0 Å². The van der Waals surface area contributed by atoms with Crippen molar-refractivity contribution in [1.29, 1.82) is 0 Å². The Kier molecular flexibility index (Phi) is 7.54. The van der Waals surface area contributed by atoms with Crippen LogP contribution in [0, 0.1) is 5.92 Å². The van der Waals surface area contributed by atoms with Gasteiger partial charge in [0.15, 0.2) is 4.80 Å². The molecule has 2 aromatic carbocycles. The van der Waals surface area contributed by atoms with Crippen molar-refractivity contribution in [2.75, 3.05) is 19.7 Å². The number of amides is 1. The molecule has 7 nitrogen and oxygen atoms in total. The Hall–Kier alpha value is -2.49. The van der Waals surface area contributed by atoms with Crippen LogP contribution in [0.15, 0.2) is 52.4 Å². The van der Waals surface area contributed by atoms with Crippen molar-refractivity contribution < 1.29 is 17.9 Å². The number of benzene rings is 2. The highest BCUT2D eigenvalue weighted by molar-refractivity contribution is 7.89. The van der Waals surface area contributed by atoms with E-state index in [0.29, 0.717) is 36.0 Å². The number of sulfonamides is 1. The molecule has 1 aromatic heterocycles. The number of carbonyl (C=O) groups excluding carboxylic acids is 1. The summed E-state index contributed by atoms with van der Waals surface area (Å²) in [6.45, 7) is 8.50. The van der Waals surface area contributed by atoms with Crippen molar-refractivity contribution in [3.8, 4) is 5.75 Å². The highest BCUT2D eigenvalue weighted by atomic mass is 32.2. The van der Waals surface area contributed by atoms with Gasteiger partial charge in [0.05, 0.1) is 21.7 Å². The average molecular weight is 502 g/mol. The predicted molar refractivity (Wildman–Crippen MR) is 135 cm³/mol. The lowest BCUT2D eigenvalue weighted by Gasteiger charge is -2.30. The molecular formula is C25H31N3O4S2. The number of fused-ring (bicyclic) bond motifs is 1. The third kappa shape index (κ3) is 5.11. The number of thiazole rings is 1. The lowest BCUT2D eigenvalue weighted by atomic mass is 10.0. The van der Waals surface area contributed by atoms with Gasteiger partial charge < -0.3 is 9.30 Å². The molecule has 0 spiro atoms. The largest absolute Gasteiger partial charge is 0.494 e. The summed E-state index contributed by atoms with van der Waals surface area (Å²) < 4.78 is 36.2. The molecule has 1 saturated heterocycles. The van der Waals surface area contributed by atoms with Gasteiger partial charge in [-0.15, -0.1) is 0 Å². The fourth-order valence-corrected chi connectivity index (χ4v) is 6.95. The third-order valence-corrected chi connectivity index (χ3v) is 8.89. The summed E-state index contributed by atoms with van der Waals surface area (Å²) in [5.74, 6) is 0.749. The number of piperidine rings is 1. The molecule has 34 heavy (non-hydrogen) atoms. The average Bonchev–Trinajstić information content (AvgIpc) is 3.15. The van der Waals surface area contributed by atoms with Gasteiger partial charge in [-0.25, -0.2) is 8.42 Å². The van der Waals surface area contributed by atoms with E-state index in [2.05, 4.69) is 18.8 Å². The van der Waals surface area contributed by atoms with Gasteiger partial charge in [-0.3, -0.25) is 4.79 Å². The number of nitrogens with zero attached hydrogens (tertiary/aromatic N) is 3. The zero-order valence-corrected chi connectivity index (χ0v) is 21.5. The van der Waals surface area contributed by atoms with Crippen molar-refractivity contribution in [3.63, 3.8) is 0 Å². The van der Waals surface area contributed by atoms with Gasteiger partial charge in [-0.1, -0.05) is 25.2 Å². The van der Waals surface area contributed by atoms with E-state index in [1.807, 2.05) is 29.7 Å². The lowest BCUT2D eigenvalue weighted by Crippen LogP contribution is -2.39. The first kappa shape index (κ1) is 24.6. The monoisotopic (exact) mass is 501 g/mol. The Morgan fingerprint density at radius 3 is 2.62 bits per heavy atom. The van der Waals surface area contributed by atoms with Gasteiger partial charge in [0, 0.05) is 25.2 Å². The minimum atomic E-state index is -3.56. The van der Waals surface area contributed by atoms with Crippen LogP contribution in [0.5, 0.6) is 5.75 Å². The standard InChI is InChI=1S/C25H31N3O4S2/c1-4-14-28-22-13-10-20(32-5-2)16-23(22)33-25(28)26-24(29)19-8-11-21(12-9-19)34(30,31)27-15-6-7-18(3)17-27/h8-13,16,18H,4-7,14-15,17H2,1-3H3. The molecule has 0 aliphatic carbocycles. The number of hydrogen-bond donors (Lipinski definition) is 0. The number of aromatic nitrogens is 1. The molecule has 0 bridgehead atoms. The quantitative estimate of drug-likeness (QED) is 0.471. The van der Waals surface area contributed by atoms with Crippen molar-refractivity contribution in [2.45, 2.75) is 51.5 Å². The molecule has 1 atom stereocenters. The zero-order chi connectivity index (χ0) is 24.3. The highest BCUT2D eigenvalue weighted by Crippen LogP contribution is 2.25. The van der Waals surface area contributed by atoms with Gasteiger partial charge in [0.25, 0.3) is 5.91 Å². The molecule has 3 aromatic rings. The molecule has 1 unspecified atom stereocenters. The molecule has 1 aliphatic rings. The maximum atomic E-state index is 13.0. The maximum absolute atomic E-state index is 13.0. The molecule has 0 saturated carbocycles. The zero-order valence-electron chi connectivity index (χ0n) is 19.9. The molecule has 1 amide bonds. The first-order chi connectivity index (χ1) is 16.3. The molecule has 9 heteroatoms. The van der Waals surface area contributed by atoms with Gasteiger partial charge in [-0.05, 0) is 74.6 Å². The van der Waals surface area contributed by atoms with E-state index in [9.17, 15) is 13.2 Å². The van der Waals surface area contributed by atoms with E-state index in [4.69, 9.17) is 4.74 Å². The molecule has 4 rings (SSSR count). The molecule has 1 fully saturated rings. The Bertz CT molecular complexity index is 1340. The van der Waals surface area contributed by atoms with E-state index in [1.54, 1.807) is 16.4 Å². The number of hydrogen-bond acceptors (Lipinski definition) is 5. The van der Waals surface area contributed by atoms with Gasteiger partial charge in [-0.2, -0.15) is 9.30 Å². The van der Waals surface area contributed by atoms with E-state index in [1.165, 1.54) is 23.5 Å². The number of rotatable bonds is 7. The van der Waals surface area contributed by atoms with Crippen LogP contribution in [-0.4, -0.2) is 42.9 Å². The minimum Gasteiger partial charge on any atom is -0.494 e. The van der Waals surface area contributed by atoms with Gasteiger partial charge >= 0.3 is 0 Å². The SMILES string of the molecule is CCCn1c(=NC(=O)c2ccc(S(=O)(=O)N3CCCC(C)C3)cc2)sc2cc(OCC)ccc21. The second kappa shape index (κ2) is 10.4. The summed E-state index contributed by atoms with van der Waals surface area (Å²) in [5.41, 5.74) is 1.38. The van der Waals surface area contributed by atoms with Gasteiger partial charge in [0.2, 0.25) is 10.0 Å². The molecule has 0 radical (unpaired) electrons. The highest BCUT2D eigenvalue weighted by Gasteiger charge is 2.28. The Morgan fingerprint density at radius 2 is 1.94 bits per heavy atom. The summed E-state index contributed by atoms with van der Waals surface area (Å²) in [6.07, 6.45) is 2.82. The minimum absolute atomic E-state index is 0.213. The smallest absolute Gasteiger partial charge is 0.279 e. The topological polar surface area (TPSA) is 81.0 Å². The van der Waals surface area contributed by atoms with Crippen LogP contribution in [0.4, 0.5) is 0 Å². The number of ether oxygens (including phenoxy) is 1. The van der Waals surface area contributed by atoms with E-state index < -0.39 is 15.9 Å². The van der Waals surface area contributed by atoms with Crippen LogP contribution >= 0.6 is 11.3 Å². The van der Waals surface area contributed by atoms with Crippen molar-refractivity contribution in [1.82, 2.24) is 8.87 Å². The summed E-state index contributed by atoms with van der Waals surface area (Å²) >= 11 is 1.45. The number of aryl methyl sites for hydroxylation is 1. The third-order valence-electron chi connectivity index (χ3n) is 5.97. The summed E-state index contributed by atoms with van der Waals surface area (Å²) in [7, 11) is -3.56. The van der Waals surface area contributed by atoms with Crippen molar-refractivity contribution >= 4 is 37.5 Å². The van der Waals surface area contributed by atoms with Crippen molar-refractivity contribution in [2.24, 2.45) is 10.9 Å². The molecule has 1 aliphatic heterocycles. The molecule has 2 heterocycles. The first-order valence-electron chi connectivity index (χ1n) is 11.8. The second-order valence-electron chi connectivity index (χ2n) is 8.65. The van der Waals surface area contributed by atoms with E-state index in [0.717, 1.165) is 41.8 Å². The Morgan fingerprint density at radius 1 is 1.18 bits per heavy atom. The van der Waals surface area contributed by atoms with Crippen LogP contribution in [0.1, 0.15) is 50.4 Å². The summed E-state index contributed by atoms with van der Waals surface area (Å²) in [6, 6.07) is 12.0. The van der Waals surface area contributed by atoms with Crippen LogP contribution in [0.25, 0.3) is 10.2 Å². The second-order valence-corrected chi connectivity index (χ2v) is 11.6. The lowest BCUT2D eigenvalue weighted by molar-refractivity contribution is 0.0997. The fourth-order valence-electron chi connectivity index (χ4n) is 4.27. The number of carbonyl (C=O) groups is 1.